The second-order valence-electron chi connectivity index (χ2n) is 6.37. The second-order valence-corrected chi connectivity index (χ2v) is 7.83. The molecule has 0 spiro atoms. The summed E-state index contributed by atoms with van der Waals surface area (Å²) in [5.41, 5.74) is 0.363. The molecule has 0 aliphatic heterocycles. The summed E-state index contributed by atoms with van der Waals surface area (Å²) < 4.78 is 33.9. The Morgan fingerprint density at radius 3 is 1.85 bits per heavy atom. The first kappa shape index (κ1) is 23.9. The minimum Gasteiger partial charge on any atom is -0.875 e. The number of nitrogens with zero attached hydrogens (tertiary/aromatic N) is 2. The Morgan fingerprint density at radius 1 is 1.04 bits per heavy atom. The van der Waals surface area contributed by atoms with Crippen molar-refractivity contribution in [3.8, 4) is 0 Å². The van der Waals surface area contributed by atoms with Crippen LogP contribution in [0.1, 0.15) is 35.9 Å². The van der Waals surface area contributed by atoms with Gasteiger partial charge < -0.3 is 21.6 Å². The van der Waals surface area contributed by atoms with Gasteiger partial charge in [-0.25, -0.2) is 8.42 Å². The molecule has 2 aliphatic rings. The van der Waals surface area contributed by atoms with Crippen LogP contribution in [0, 0.1) is 18.3 Å². The average molecular weight is 572 g/mol. The van der Waals surface area contributed by atoms with Crippen LogP contribution in [0.5, 0.6) is 0 Å². The molecule has 2 aliphatic carbocycles. The molecule has 7 nitrogen and oxygen atoms in total. The van der Waals surface area contributed by atoms with Gasteiger partial charge in [0, 0.05) is 12.4 Å². The molecule has 2 heterocycles. The molecule has 2 aromatic heterocycles. The summed E-state index contributed by atoms with van der Waals surface area (Å²) in [5.74, 6) is 1.24. The standard InChI is InChI=1S/C11H10N2O3S.C7H10O.H2O.Pt/c14-17(15,16)11(9-5-1-3-7-12-9)10-6-2-4-8-13-10;8-7-4-5-1-2-6(7)3-5;;/h1-8,11H,(H,14,15,16);4-7H,1-3H2;1H2;/q;-2;;+4/p-2/t;5-,6+,7+;;/m.0../s1. The van der Waals surface area contributed by atoms with Crippen LogP contribution < -0.4 is 5.11 Å². The minimum atomic E-state index is -4.55. The number of hydrogen-bond acceptors (Lipinski definition) is 7. The zero-order valence-electron chi connectivity index (χ0n) is 14.3. The van der Waals surface area contributed by atoms with Gasteiger partial charge in [-0.15, -0.1) is 0 Å². The summed E-state index contributed by atoms with van der Waals surface area (Å²) in [5, 5.41) is 9.51. The maximum Gasteiger partial charge on any atom is 4.00 e. The van der Waals surface area contributed by atoms with Gasteiger partial charge in [0.05, 0.1) is 11.4 Å². The molecular weight excluding hydrogens is 551 g/mol. The summed E-state index contributed by atoms with van der Waals surface area (Å²) in [6, 6.07) is 9.54. The number of rotatable bonds is 3. The predicted octanol–water partition coefficient (Wildman–Crippen LogP) is 1.28. The molecule has 3 atom stereocenters. The van der Waals surface area contributed by atoms with E-state index in [0.717, 1.165) is 0 Å². The Hall–Kier alpha value is -1.18. The van der Waals surface area contributed by atoms with Crippen molar-refractivity contribution in [3.63, 3.8) is 0 Å². The smallest absolute Gasteiger partial charge is 0.875 e. The van der Waals surface area contributed by atoms with E-state index >= 15 is 0 Å². The third-order valence-corrected chi connectivity index (χ3v) is 5.70. The predicted molar refractivity (Wildman–Crippen MR) is 90.9 cm³/mol. The first-order chi connectivity index (χ1) is 11.9. The van der Waals surface area contributed by atoms with Crippen molar-refractivity contribution in [2.24, 2.45) is 11.8 Å². The van der Waals surface area contributed by atoms with Gasteiger partial charge >= 0.3 is 21.1 Å². The molecule has 148 valence electrons. The van der Waals surface area contributed by atoms with Gasteiger partial charge in [-0.3, -0.25) is 16.1 Å². The van der Waals surface area contributed by atoms with Crippen LogP contribution in [-0.2, 0) is 31.2 Å². The normalized spacial score (nSPS) is 23.0. The summed E-state index contributed by atoms with van der Waals surface area (Å²) in [6.07, 6.45) is 8.28. The quantitative estimate of drug-likeness (QED) is 0.400. The van der Waals surface area contributed by atoms with E-state index in [1.54, 1.807) is 24.3 Å². The number of hydrogen-bond donors (Lipinski definition) is 0. The van der Waals surface area contributed by atoms with Crippen molar-refractivity contribution in [1.29, 1.82) is 0 Å². The van der Waals surface area contributed by atoms with Crippen LogP contribution in [0.4, 0.5) is 0 Å². The fourth-order valence-corrected chi connectivity index (χ4v) is 4.33. The van der Waals surface area contributed by atoms with Crippen LogP contribution in [0.2, 0.25) is 0 Å². The van der Waals surface area contributed by atoms with Gasteiger partial charge in [0.15, 0.2) is 0 Å². The first-order valence-corrected chi connectivity index (χ1v) is 9.69. The molecule has 2 fully saturated rings. The molecule has 1 N–H and O–H groups in total. The van der Waals surface area contributed by atoms with Crippen molar-refractivity contribution >= 4 is 10.1 Å². The third kappa shape index (κ3) is 6.16. The van der Waals surface area contributed by atoms with Crippen LogP contribution in [-0.4, -0.2) is 34.5 Å². The molecule has 2 bridgehead atoms. The molecular formula is C18H20N2O5PtS. The van der Waals surface area contributed by atoms with Gasteiger partial charge in [-0.1, -0.05) is 37.3 Å². The topological polar surface area (TPSA) is 136 Å². The third-order valence-electron chi connectivity index (χ3n) is 4.64. The molecule has 0 saturated heterocycles. The van der Waals surface area contributed by atoms with Gasteiger partial charge in [-0.05, 0) is 24.3 Å². The van der Waals surface area contributed by atoms with Crippen LogP contribution in [0.3, 0.4) is 0 Å². The van der Waals surface area contributed by atoms with Gasteiger partial charge in [0.2, 0.25) is 0 Å². The molecule has 0 unspecified atom stereocenters. The van der Waals surface area contributed by atoms with Crippen molar-refractivity contribution in [3.05, 3.63) is 66.6 Å². The summed E-state index contributed by atoms with van der Waals surface area (Å²) in [6.45, 7) is 0. The SMILES string of the molecule is O=S(=O)([O-])C(c1ccccn1)c1ccccn1.[O-][C@@H]1[CH-][C@H]2CC[C@@H]1C2.[OH-].[Pt+4]. The summed E-state index contributed by atoms with van der Waals surface area (Å²) in [4.78, 5) is 7.81. The first-order valence-electron chi connectivity index (χ1n) is 8.22. The molecule has 9 heteroatoms. The van der Waals surface area contributed by atoms with Crippen LogP contribution in [0.15, 0.2) is 48.8 Å². The molecule has 0 aromatic carbocycles. The van der Waals surface area contributed by atoms with Crippen molar-refractivity contribution in [2.75, 3.05) is 0 Å². The number of fused-ring (bicyclic) bond motifs is 2. The molecule has 4 rings (SSSR count). The van der Waals surface area contributed by atoms with E-state index < -0.39 is 15.4 Å². The van der Waals surface area contributed by atoms with E-state index in [2.05, 4.69) is 9.97 Å². The minimum absolute atomic E-state index is 0. The fraction of sp³-hybridized carbons (Fsp3) is 0.389. The number of aromatic nitrogens is 2. The molecule has 27 heavy (non-hydrogen) atoms. The zero-order chi connectivity index (χ0) is 17.9. The number of pyridine rings is 2. The van der Waals surface area contributed by atoms with E-state index in [4.69, 9.17) is 0 Å². The average Bonchev–Trinajstić information content (AvgIpc) is 3.18. The Balaban J connectivity index is 0.000000307. The van der Waals surface area contributed by atoms with E-state index in [-0.39, 0.29) is 44.0 Å². The maximum atomic E-state index is 11.3. The van der Waals surface area contributed by atoms with Crippen LogP contribution >= 0.6 is 0 Å². The van der Waals surface area contributed by atoms with Crippen molar-refractivity contribution < 1.29 is 44.6 Å². The molecule has 2 aromatic rings. The zero-order valence-corrected chi connectivity index (χ0v) is 17.4. The monoisotopic (exact) mass is 571 g/mol. The Kier molecular flexibility index (Phi) is 9.18. The summed E-state index contributed by atoms with van der Waals surface area (Å²) >= 11 is 0. The molecule has 0 radical (unpaired) electrons. The fourth-order valence-electron chi connectivity index (χ4n) is 3.46. The van der Waals surface area contributed by atoms with Crippen molar-refractivity contribution in [1.82, 2.24) is 9.97 Å². The van der Waals surface area contributed by atoms with E-state index in [1.165, 1.54) is 43.8 Å². The van der Waals surface area contributed by atoms with Gasteiger partial charge in [0.1, 0.15) is 15.4 Å². The van der Waals surface area contributed by atoms with Gasteiger partial charge in [0.25, 0.3) is 0 Å². The Morgan fingerprint density at radius 2 is 1.59 bits per heavy atom. The van der Waals surface area contributed by atoms with Gasteiger partial charge in [-0.2, -0.15) is 5.92 Å². The van der Waals surface area contributed by atoms with E-state index in [0.29, 0.717) is 11.8 Å². The van der Waals surface area contributed by atoms with E-state index in [1.807, 2.05) is 6.42 Å². The molecule has 0 amide bonds. The molecule has 2 saturated carbocycles. The summed E-state index contributed by atoms with van der Waals surface area (Å²) in [7, 11) is -4.55. The Labute approximate surface area is 173 Å². The van der Waals surface area contributed by atoms with Crippen LogP contribution in [0.25, 0.3) is 0 Å². The largest absolute Gasteiger partial charge is 4.00 e. The second kappa shape index (κ2) is 10.4. The Bertz CT molecular complexity index is 750. The van der Waals surface area contributed by atoms with Crippen molar-refractivity contribution in [2.45, 2.75) is 30.6 Å². The van der Waals surface area contributed by atoms with E-state index in [9.17, 15) is 18.1 Å². The maximum absolute atomic E-state index is 11.3.